The van der Waals surface area contributed by atoms with Gasteiger partial charge in [0, 0.05) is 18.7 Å². The molecule has 20 heavy (non-hydrogen) atoms. The van der Waals surface area contributed by atoms with Crippen molar-refractivity contribution in [1.29, 1.82) is 0 Å². The van der Waals surface area contributed by atoms with Crippen LogP contribution in [0.1, 0.15) is 39.0 Å². The van der Waals surface area contributed by atoms with Crippen molar-refractivity contribution in [2.75, 3.05) is 23.3 Å². The molecule has 0 aliphatic heterocycles. The zero-order valence-corrected chi connectivity index (χ0v) is 12.0. The number of aromatic nitrogens is 2. The van der Waals surface area contributed by atoms with E-state index in [4.69, 9.17) is 5.73 Å². The first-order chi connectivity index (χ1) is 9.70. The molecule has 0 aromatic carbocycles. The van der Waals surface area contributed by atoms with Crippen LogP contribution in [0.15, 0.2) is 12.4 Å². The van der Waals surface area contributed by atoms with Crippen LogP contribution in [0.4, 0.5) is 11.6 Å². The van der Waals surface area contributed by atoms with Gasteiger partial charge in [0.15, 0.2) is 0 Å². The van der Waals surface area contributed by atoms with E-state index in [0.717, 1.165) is 37.4 Å². The standard InChI is InChI=1S/C14H23N5O/c1-2-7-16-13-8-14(18-10-17-13)19(9-12(15)20)11-5-3-4-6-11/h8,10-11H,2-7,9H2,1H3,(H2,15,20)(H,16,17,18). The molecule has 1 aliphatic carbocycles. The minimum atomic E-state index is -0.321. The minimum absolute atomic E-state index is 0.217. The fourth-order valence-corrected chi connectivity index (χ4v) is 2.63. The van der Waals surface area contributed by atoms with Crippen molar-refractivity contribution in [3.63, 3.8) is 0 Å². The highest BCUT2D eigenvalue weighted by atomic mass is 16.1. The second kappa shape index (κ2) is 7.07. The van der Waals surface area contributed by atoms with Gasteiger partial charge in [-0.3, -0.25) is 4.79 Å². The lowest BCUT2D eigenvalue weighted by Crippen LogP contribution is -2.40. The molecule has 1 heterocycles. The second-order valence-electron chi connectivity index (χ2n) is 5.22. The van der Waals surface area contributed by atoms with Gasteiger partial charge < -0.3 is 16.0 Å². The Bertz CT molecular complexity index is 445. The Morgan fingerprint density at radius 3 is 2.85 bits per heavy atom. The van der Waals surface area contributed by atoms with E-state index in [1.165, 1.54) is 19.2 Å². The molecule has 1 aliphatic rings. The molecule has 0 radical (unpaired) electrons. The molecule has 1 aromatic rings. The van der Waals surface area contributed by atoms with E-state index in [9.17, 15) is 4.79 Å². The number of hydrogen-bond donors (Lipinski definition) is 2. The quantitative estimate of drug-likeness (QED) is 0.789. The highest BCUT2D eigenvalue weighted by molar-refractivity contribution is 5.79. The second-order valence-corrected chi connectivity index (χ2v) is 5.22. The third kappa shape index (κ3) is 3.82. The summed E-state index contributed by atoms with van der Waals surface area (Å²) in [6.07, 6.45) is 7.16. The molecular formula is C14H23N5O. The number of primary amides is 1. The topological polar surface area (TPSA) is 84.1 Å². The largest absolute Gasteiger partial charge is 0.370 e. The van der Waals surface area contributed by atoms with Crippen LogP contribution in [0.3, 0.4) is 0 Å². The lowest BCUT2D eigenvalue weighted by molar-refractivity contribution is -0.116. The molecule has 0 atom stereocenters. The summed E-state index contributed by atoms with van der Waals surface area (Å²) in [5.41, 5.74) is 5.38. The lowest BCUT2D eigenvalue weighted by Gasteiger charge is -2.28. The average molecular weight is 277 g/mol. The number of nitrogens with one attached hydrogen (secondary N) is 1. The Balaban J connectivity index is 2.16. The van der Waals surface area contributed by atoms with Crippen LogP contribution in [-0.4, -0.2) is 35.0 Å². The predicted molar refractivity (Wildman–Crippen MR) is 79.6 cm³/mol. The van der Waals surface area contributed by atoms with Crippen molar-refractivity contribution in [2.24, 2.45) is 5.73 Å². The Morgan fingerprint density at radius 2 is 2.20 bits per heavy atom. The maximum Gasteiger partial charge on any atom is 0.237 e. The van der Waals surface area contributed by atoms with E-state index in [0.29, 0.717) is 6.04 Å². The van der Waals surface area contributed by atoms with Gasteiger partial charge in [-0.25, -0.2) is 9.97 Å². The molecule has 0 unspecified atom stereocenters. The van der Waals surface area contributed by atoms with E-state index < -0.39 is 0 Å². The summed E-state index contributed by atoms with van der Waals surface area (Å²) < 4.78 is 0. The minimum Gasteiger partial charge on any atom is -0.370 e. The van der Waals surface area contributed by atoms with Crippen LogP contribution in [0.5, 0.6) is 0 Å². The van der Waals surface area contributed by atoms with Crippen molar-refractivity contribution in [3.8, 4) is 0 Å². The number of hydrogen-bond acceptors (Lipinski definition) is 5. The number of rotatable bonds is 7. The molecular weight excluding hydrogens is 254 g/mol. The van der Waals surface area contributed by atoms with Crippen LogP contribution < -0.4 is 16.0 Å². The van der Waals surface area contributed by atoms with Gasteiger partial charge in [-0.05, 0) is 19.3 Å². The molecule has 1 saturated carbocycles. The molecule has 6 heteroatoms. The molecule has 1 aromatic heterocycles. The Labute approximate surface area is 119 Å². The molecule has 3 N–H and O–H groups in total. The molecule has 1 fully saturated rings. The summed E-state index contributed by atoms with van der Waals surface area (Å²) >= 11 is 0. The first kappa shape index (κ1) is 14.6. The van der Waals surface area contributed by atoms with Gasteiger partial charge in [-0.15, -0.1) is 0 Å². The number of carbonyl (C=O) groups is 1. The van der Waals surface area contributed by atoms with Gasteiger partial charge in [0.1, 0.15) is 18.0 Å². The van der Waals surface area contributed by atoms with Crippen molar-refractivity contribution < 1.29 is 4.79 Å². The summed E-state index contributed by atoms with van der Waals surface area (Å²) in [5.74, 6) is 1.26. The first-order valence-corrected chi connectivity index (χ1v) is 7.31. The lowest BCUT2D eigenvalue weighted by atomic mass is 10.2. The SMILES string of the molecule is CCCNc1cc(N(CC(N)=O)C2CCCC2)ncn1. The van der Waals surface area contributed by atoms with E-state index in [1.54, 1.807) is 0 Å². The number of nitrogens with two attached hydrogens (primary N) is 1. The molecule has 0 saturated heterocycles. The monoisotopic (exact) mass is 277 g/mol. The van der Waals surface area contributed by atoms with Crippen molar-refractivity contribution in [1.82, 2.24) is 9.97 Å². The highest BCUT2D eigenvalue weighted by Gasteiger charge is 2.25. The fourth-order valence-electron chi connectivity index (χ4n) is 2.63. The zero-order valence-electron chi connectivity index (χ0n) is 12.0. The molecule has 1 amide bonds. The molecule has 6 nitrogen and oxygen atoms in total. The van der Waals surface area contributed by atoms with Gasteiger partial charge in [0.2, 0.25) is 5.91 Å². The summed E-state index contributed by atoms with van der Waals surface area (Å²) in [4.78, 5) is 21.9. The fraction of sp³-hybridized carbons (Fsp3) is 0.643. The van der Waals surface area contributed by atoms with E-state index in [1.807, 2.05) is 11.0 Å². The van der Waals surface area contributed by atoms with Gasteiger partial charge >= 0.3 is 0 Å². The summed E-state index contributed by atoms with van der Waals surface area (Å²) in [7, 11) is 0. The predicted octanol–water partition coefficient (Wildman–Crippen LogP) is 1.53. The van der Waals surface area contributed by atoms with Crippen LogP contribution in [-0.2, 0) is 4.79 Å². The van der Waals surface area contributed by atoms with Gasteiger partial charge in [0.25, 0.3) is 0 Å². The van der Waals surface area contributed by atoms with Crippen LogP contribution in [0.2, 0.25) is 0 Å². The van der Waals surface area contributed by atoms with Crippen molar-refractivity contribution in [3.05, 3.63) is 12.4 Å². The van der Waals surface area contributed by atoms with Gasteiger partial charge in [-0.1, -0.05) is 19.8 Å². The van der Waals surface area contributed by atoms with Crippen molar-refractivity contribution in [2.45, 2.75) is 45.1 Å². The number of amides is 1. The Hall–Kier alpha value is -1.85. The maximum absolute atomic E-state index is 11.3. The number of anilines is 2. The summed E-state index contributed by atoms with van der Waals surface area (Å²) in [6, 6.07) is 2.26. The molecule has 0 spiro atoms. The Kier molecular flexibility index (Phi) is 5.15. The van der Waals surface area contributed by atoms with Crippen LogP contribution in [0.25, 0.3) is 0 Å². The average Bonchev–Trinajstić information content (AvgIpc) is 2.96. The zero-order chi connectivity index (χ0) is 14.4. The number of carbonyl (C=O) groups excluding carboxylic acids is 1. The molecule has 110 valence electrons. The Morgan fingerprint density at radius 1 is 1.45 bits per heavy atom. The van der Waals surface area contributed by atoms with E-state index >= 15 is 0 Å². The summed E-state index contributed by atoms with van der Waals surface area (Å²) in [5, 5.41) is 3.24. The maximum atomic E-state index is 11.3. The highest BCUT2D eigenvalue weighted by Crippen LogP contribution is 2.27. The smallest absolute Gasteiger partial charge is 0.237 e. The molecule has 0 bridgehead atoms. The first-order valence-electron chi connectivity index (χ1n) is 7.31. The summed E-state index contributed by atoms with van der Waals surface area (Å²) in [6.45, 7) is 3.19. The third-order valence-electron chi connectivity index (χ3n) is 3.59. The third-order valence-corrected chi connectivity index (χ3v) is 3.59. The van der Waals surface area contributed by atoms with Crippen LogP contribution >= 0.6 is 0 Å². The number of nitrogens with zero attached hydrogens (tertiary/aromatic N) is 3. The van der Waals surface area contributed by atoms with E-state index in [-0.39, 0.29) is 12.5 Å². The van der Waals surface area contributed by atoms with Gasteiger partial charge in [0.05, 0.1) is 6.54 Å². The van der Waals surface area contributed by atoms with Gasteiger partial charge in [-0.2, -0.15) is 0 Å². The van der Waals surface area contributed by atoms with Crippen LogP contribution in [0, 0.1) is 0 Å². The van der Waals surface area contributed by atoms with Crippen molar-refractivity contribution >= 4 is 17.5 Å². The normalized spacial score (nSPS) is 15.2. The molecule has 2 rings (SSSR count). The van der Waals surface area contributed by atoms with E-state index in [2.05, 4.69) is 22.2 Å².